The summed E-state index contributed by atoms with van der Waals surface area (Å²) in [4.78, 5) is 0. The topological polar surface area (TPSA) is 26.0 Å². The summed E-state index contributed by atoms with van der Waals surface area (Å²) in [6.45, 7) is 2.43. The van der Waals surface area contributed by atoms with Crippen LogP contribution in [0.25, 0.3) is 0 Å². The Morgan fingerprint density at radius 3 is 2.69 bits per heavy atom. The Hall–Kier alpha value is -0.600. The molecule has 0 amide bonds. The molecule has 0 atom stereocenters. The second-order valence-corrected chi connectivity index (χ2v) is 3.48. The van der Waals surface area contributed by atoms with Gasteiger partial charge in [0.05, 0.1) is 5.02 Å². The summed E-state index contributed by atoms with van der Waals surface area (Å²) in [5.41, 5.74) is 7.11. The smallest absolute Gasteiger partial charge is 0.142 e. The summed E-state index contributed by atoms with van der Waals surface area (Å²) in [6.07, 6.45) is 1.69. The molecule has 0 aliphatic heterocycles. The van der Waals surface area contributed by atoms with Crippen molar-refractivity contribution in [1.29, 1.82) is 0 Å². The highest BCUT2D eigenvalue weighted by atomic mass is 35.5. The van der Waals surface area contributed by atoms with E-state index in [2.05, 4.69) is 0 Å². The van der Waals surface area contributed by atoms with Crippen molar-refractivity contribution in [1.82, 2.24) is 0 Å². The maximum absolute atomic E-state index is 13.1. The van der Waals surface area contributed by atoms with Crippen LogP contribution in [0.3, 0.4) is 0 Å². The zero-order valence-electron chi connectivity index (χ0n) is 7.61. The van der Waals surface area contributed by atoms with E-state index < -0.39 is 0 Å². The monoisotopic (exact) mass is 201 g/mol. The van der Waals surface area contributed by atoms with Crippen molar-refractivity contribution < 1.29 is 4.39 Å². The van der Waals surface area contributed by atoms with Crippen LogP contribution < -0.4 is 5.73 Å². The van der Waals surface area contributed by atoms with Gasteiger partial charge in [-0.2, -0.15) is 0 Å². The zero-order chi connectivity index (χ0) is 9.84. The fraction of sp³-hybridized carbons (Fsp3) is 0.400. The molecule has 2 N–H and O–H groups in total. The molecule has 0 aromatic heterocycles. The van der Waals surface area contributed by atoms with Crippen LogP contribution in [0.5, 0.6) is 0 Å². The molecule has 0 fully saturated rings. The Kier molecular flexibility index (Phi) is 3.70. The highest BCUT2D eigenvalue weighted by Gasteiger charge is 2.04. The molecule has 1 nitrogen and oxygen atoms in total. The average Bonchev–Trinajstić information content (AvgIpc) is 2.10. The van der Waals surface area contributed by atoms with Crippen LogP contribution in [0, 0.1) is 12.7 Å². The first-order valence-corrected chi connectivity index (χ1v) is 4.67. The normalized spacial score (nSPS) is 10.5. The Morgan fingerprint density at radius 1 is 1.46 bits per heavy atom. The molecule has 0 radical (unpaired) electrons. The fourth-order valence-corrected chi connectivity index (χ4v) is 1.36. The number of hydrogen-bond acceptors (Lipinski definition) is 1. The fourth-order valence-electron chi connectivity index (χ4n) is 1.25. The number of hydrogen-bond donors (Lipinski definition) is 1. The van der Waals surface area contributed by atoms with Crippen LogP contribution in [0.4, 0.5) is 4.39 Å². The van der Waals surface area contributed by atoms with Crippen LogP contribution in [0.1, 0.15) is 17.5 Å². The van der Waals surface area contributed by atoms with E-state index in [1.165, 1.54) is 6.07 Å². The first-order valence-electron chi connectivity index (χ1n) is 4.29. The minimum atomic E-state index is -0.339. The molecule has 3 heteroatoms. The minimum Gasteiger partial charge on any atom is -0.330 e. The van der Waals surface area contributed by atoms with Crippen LogP contribution in [0.2, 0.25) is 5.02 Å². The van der Waals surface area contributed by atoms with Gasteiger partial charge in [0, 0.05) is 0 Å². The molecule has 1 rings (SSSR count). The van der Waals surface area contributed by atoms with E-state index in [0.717, 1.165) is 24.0 Å². The number of nitrogens with two attached hydrogens (primary N) is 1. The molecular formula is C10H13ClFN. The van der Waals surface area contributed by atoms with E-state index in [1.54, 1.807) is 6.92 Å². The van der Waals surface area contributed by atoms with Gasteiger partial charge in [-0.3, -0.25) is 0 Å². The molecule has 13 heavy (non-hydrogen) atoms. The zero-order valence-corrected chi connectivity index (χ0v) is 8.37. The van der Waals surface area contributed by atoms with Crippen molar-refractivity contribution in [3.63, 3.8) is 0 Å². The first kappa shape index (κ1) is 10.5. The predicted octanol–water partition coefficient (Wildman–Crippen LogP) is 2.68. The molecule has 0 spiro atoms. The van der Waals surface area contributed by atoms with Gasteiger partial charge in [-0.15, -0.1) is 0 Å². The molecule has 0 heterocycles. The van der Waals surface area contributed by atoms with Gasteiger partial charge >= 0.3 is 0 Å². The lowest BCUT2D eigenvalue weighted by Gasteiger charge is -2.04. The van der Waals surface area contributed by atoms with Crippen molar-refractivity contribution in [2.24, 2.45) is 5.73 Å². The summed E-state index contributed by atoms with van der Waals surface area (Å²) in [5.74, 6) is -0.339. The van der Waals surface area contributed by atoms with Crippen LogP contribution in [0.15, 0.2) is 12.1 Å². The van der Waals surface area contributed by atoms with Gasteiger partial charge in [-0.25, -0.2) is 4.39 Å². The van der Waals surface area contributed by atoms with E-state index in [0.29, 0.717) is 6.54 Å². The third-order valence-electron chi connectivity index (χ3n) is 1.94. The van der Waals surface area contributed by atoms with Gasteiger partial charge in [-0.1, -0.05) is 17.7 Å². The number of halogens is 2. The molecule has 0 saturated carbocycles. The van der Waals surface area contributed by atoms with Gasteiger partial charge in [0.1, 0.15) is 5.82 Å². The lowest BCUT2D eigenvalue weighted by molar-refractivity contribution is 0.623. The van der Waals surface area contributed by atoms with Gasteiger partial charge in [0.25, 0.3) is 0 Å². The van der Waals surface area contributed by atoms with E-state index >= 15 is 0 Å². The summed E-state index contributed by atoms with van der Waals surface area (Å²) in [5, 5.41) is 0.219. The Morgan fingerprint density at radius 2 is 2.15 bits per heavy atom. The van der Waals surface area contributed by atoms with Crippen molar-refractivity contribution in [3.8, 4) is 0 Å². The third-order valence-corrected chi connectivity index (χ3v) is 2.42. The van der Waals surface area contributed by atoms with Gasteiger partial charge in [-0.05, 0) is 43.5 Å². The van der Waals surface area contributed by atoms with E-state index in [1.807, 2.05) is 6.07 Å². The third kappa shape index (κ3) is 2.68. The molecule has 72 valence electrons. The average molecular weight is 202 g/mol. The molecule has 0 aliphatic rings. The number of aryl methyl sites for hydroxylation is 2. The van der Waals surface area contributed by atoms with Gasteiger partial charge in [0.15, 0.2) is 0 Å². The van der Waals surface area contributed by atoms with Crippen molar-refractivity contribution in [3.05, 3.63) is 34.1 Å². The Labute approximate surface area is 82.7 Å². The maximum atomic E-state index is 13.1. The summed E-state index contributed by atoms with van der Waals surface area (Å²) < 4.78 is 13.1. The first-order chi connectivity index (χ1) is 6.15. The van der Waals surface area contributed by atoms with Crippen LogP contribution in [-0.4, -0.2) is 6.54 Å². The quantitative estimate of drug-likeness (QED) is 0.800. The molecule has 1 aromatic carbocycles. The highest BCUT2D eigenvalue weighted by molar-refractivity contribution is 6.31. The van der Waals surface area contributed by atoms with Gasteiger partial charge in [0.2, 0.25) is 0 Å². The van der Waals surface area contributed by atoms with E-state index in [9.17, 15) is 4.39 Å². The number of benzene rings is 1. The van der Waals surface area contributed by atoms with Crippen molar-refractivity contribution in [2.45, 2.75) is 19.8 Å². The van der Waals surface area contributed by atoms with Crippen LogP contribution in [-0.2, 0) is 6.42 Å². The molecule has 0 aliphatic carbocycles. The molecule has 0 bridgehead atoms. The number of rotatable bonds is 3. The lowest BCUT2D eigenvalue weighted by Crippen LogP contribution is -2.01. The molecule has 1 aromatic rings. The standard InChI is InChI=1S/C10H13ClFN/c1-7-5-8(3-2-4-13)6-9(12)10(7)11/h5-6H,2-4,13H2,1H3. The van der Waals surface area contributed by atoms with E-state index in [4.69, 9.17) is 17.3 Å². The second-order valence-electron chi connectivity index (χ2n) is 3.10. The summed E-state index contributed by atoms with van der Waals surface area (Å²) in [6, 6.07) is 3.38. The largest absolute Gasteiger partial charge is 0.330 e. The maximum Gasteiger partial charge on any atom is 0.142 e. The Balaban J connectivity index is 2.86. The summed E-state index contributed by atoms with van der Waals surface area (Å²) in [7, 11) is 0. The highest BCUT2D eigenvalue weighted by Crippen LogP contribution is 2.21. The molecular weight excluding hydrogens is 189 g/mol. The van der Waals surface area contributed by atoms with Crippen molar-refractivity contribution >= 4 is 11.6 Å². The SMILES string of the molecule is Cc1cc(CCCN)cc(F)c1Cl. The Bertz CT molecular complexity index is 276. The molecule has 0 unspecified atom stereocenters. The van der Waals surface area contributed by atoms with Crippen LogP contribution >= 0.6 is 11.6 Å². The minimum absolute atomic E-state index is 0.219. The second kappa shape index (κ2) is 4.58. The lowest BCUT2D eigenvalue weighted by atomic mass is 10.1. The molecule has 0 saturated heterocycles. The van der Waals surface area contributed by atoms with Crippen molar-refractivity contribution in [2.75, 3.05) is 6.54 Å². The van der Waals surface area contributed by atoms with Gasteiger partial charge < -0.3 is 5.73 Å². The predicted molar refractivity (Wildman–Crippen MR) is 53.5 cm³/mol. The summed E-state index contributed by atoms with van der Waals surface area (Å²) >= 11 is 5.68. The van der Waals surface area contributed by atoms with E-state index in [-0.39, 0.29) is 10.8 Å².